The lowest BCUT2D eigenvalue weighted by molar-refractivity contribution is -0.116. The van der Waals surface area contributed by atoms with Gasteiger partial charge in [-0.25, -0.2) is 0 Å². The second-order valence-electron chi connectivity index (χ2n) is 5.51. The molecule has 0 heterocycles. The predicted molar refractivity (Wildman–Crippen MR) is 93.7 cm³/mol. The maximum atomic E-state index is 11.9. The molecule has 1 aromatic rings. The van der Waals surface area contributed by atoms with Gasteiger partial charge in [-0.15, -0.1) is 0 Å². The first kappa shape index (κ1) is 19.7. The third-order valence-electron chi connectivity index (χ3n) is 3.59. The van der Waals surface area contributed by atoms with Gasteiger partial charge in [0.15, 0.2) is 0 Å². The van der Waals surface area contributed by atoms with Gasteiger partial charge in [-0.05, 0) is 26.0 Å². The largest absolute Gasteiger partial charge is 0.377 e. The summed E-state index contributed by atoms with van der Waals surface area (Å²) < 4.78 is 31.5. The number of carbonyl (C=O) groups is 1. The average molecular weight is 341 g/mol. The molecule has 0 aliphatic rings. The molecule has 8 heteroatoms. The normalized spacial score (nSPS) is 11.5. The van der Waals surface area contributed by atoms with Crippen molar-refractivity contribution in [1.29, 1.82) is 0 Å². The van der Waals surface area contributed by atoms with Crippen molar-refractivity contribution in [2.45, 2.75) is 20.8 Å². The van der Waals surface area contributed by atoms with Crippen LogP contribution in [0.4, 0.5) is 5.69 Å². The van der Waals surface area contributed by atoms with E-state index < -0.39 is 10.1 Å². The summed E-state index contributed by atoms with van der Waals surface area (Å²) in [6.07, 6.45) is 0.993. The van der Waals surface area contributed by atoms with Gasteiger partial charge in [0.2, 0.25) is 5.91 Å². The van der Waals surface area contributed by atoms with Crippen LogP contribution in [0.15, 0.2) is 12.1 Å². The van der Waals surface area contributed by atoms with Crippen molar-refractivity contribution in [3.8, 4) is 0 Å². The summed E-state index contributed by atoms with van der Waals surface area (Å²) in [6, 6.07) is 3.97. The summed E-state index contributed by atoms with van der Waals surface area (Å²) in [5.41, 5.74) is 4.32. The fourth-order valence-corrected chi connectivity index (χ4v) is 2.51. The maximum absolute atomic E-state index is 11.9. The molecule has 0 unspecified atom stereocenters. The smallest absolute Gasteiger partial charge is 0.264 e. The number of rotatable bonds is 8. The molecule has 0 radical (unpaired) electrons. The molecule has 1 aromatic carbocycles. The van der Waals surface area contributed by atoms with Crippen LogP contribution in [0.5, 0.6) is 0 Å². The second kappa shape index (κ2) is 8.47. The monoisotopic (exact) mass is 341 g/mol. The minimum absolute atomic E-state index is 0.0261. The Morgan fingerprint density at radius 2 is 1.74 bits per heavy atom. The quantitative estimate of drug-likeness (QED) is 0.375. The number of aryl methyl sites for hydroxylation is 2. The minimum Gasteiger partial charge on any atom is -0.377 e. The Hall–Kier alpha value is -1.38. The van der Waals surface area contributed by atoms with E-state index >= 15 is 0 Å². The van der Waals surface area contributed by atoms with E-state index in [1.54, 1.807) is 4.90 Å². The van der Waals surface area contributed by atoms with Crippen molar-refractivity contribution in [2.24, 2.45) is 0 Å². The van der Waals surface area contributed by atoms with Gasteiger partial charge in [0.25, 0.3) is 10.1 Å². The zero-order chi connectivity index (χ0) is 17.6. The molecule has 0 fully saturated rings. The first-order valence-corrected chi connectivity index (χ1v) is 9.21. The highest BCUT2D eigenvalue weighted by Crippen LogP contribution is 2.17. The van der Waals surface area contributed by atoms with Crippen molar-refractivity contribution in [3.05, 3.63) is 23.3 Å². The summed E-state index contributed by atoms with van der Waals surface area (Å²) in [5, 5.41) is 0. The van der Waals surface area contributed by atoms with Crippen LogP contribution in [0.25, 0.3) is 0 Å². The lowest BCUT2D eigenvalue weighted by Gasteiger charge is -2.23. The van der Waals surface area contributed by atoms with E-state index in [-0.39, 0.29) is 19.1 Å². The first-order valence-electron chi connectivity index (χ1n) is 7.40. The highest BCUT2D eigenvalue weighted by Gasteiger charge is 2.13. The van der Waals surface area contributed by atoms with E-state index in [9.17, 15) is 13.2 Å². The third-order valence-corrected chi connectivity index (χ3v) is 4.18. The molecule has 0 atom stereocenters. The number of carbonyl (C=O) groups excluding carboxylic acids is 1. The molecule has 6 nitrogen and oxygen atoms in total. The maximum Gasteiger partial charge on any atom is 0.264 e. The number of anilines is 1. The van der Waals surface area contributed by atoms with Crippen LogP contribution in [-0.4, -0.2) is 54.8 Å². The molecule has 0 aliphatic heterocycles. The Kier molecular flexibility index (Phi) is 7.24. The van der Waals surface area contributed by atoms with E-state index in [2.05, 4.69) is 12.0 Å². The average Bonchev–Trinajstić information content (AvgIpc) is 2.41. The van der Waals surface area contributed by atoms with Crippen LogP contribution in [0.2, 0.25) is 0 Å². The van der Waals surface area contributed by atoms with Crippen LogP contribution in [0.3, 0.4) is 0 Å². The first-order chi connectivity index (χ1) is 10.6. The van der Waals surface area contributed by atoms with Gasteiger partial charge in [-0.2, -0.15) is 8.42 Å². The van der Waals surface area contributed by atoms with E-state index in [4.69, 9.17) is 4.74 Å². The van der Waals surface area contributed by atoms with Gasteiger partial charge in [0.05, 0.1) is 26.1 Å². The Morgan fingerprint density at radius 1 is 1.17 bits per heavy atom. The third kappa shape index (κ3) is 6.72. The second-order valence-corrected chi connectivity index (χ2v) is 7.16. The van der Waals surface area contributed by atoms with Crippen LogP contribution < -0.4 is 10.4 Å². The van der Waals surface area contributed by atoms with Gasteiger partial charge in [0.1, 0.15) is 7.85 Å². The number of hydrogen-bond acceptors (Lipinski definition) is 5. The van der Waals surface area contributed by atoms with Crippen molar-refractivity contribution in [3.63, 3.8) is 0 Å². The number of nitrogens with zero attached hydrogens (tertiary/aromatic N) is 1. The summed E-state index contributed by atoms with van der Waals surface area (Å²) >= 11 is 0. The van der Waals surface area contributed by atoms with Gasteiger partial charge in [-0.3, -0.25) is 8.98 Å². The van der Waals surface area contributed by atoms with Gasteiger partial charge in [0, 0.05) is 19.2 Å². The van der Waals surface area contributed by atoms with E-state index in [1.165, 1.54) is 12.4 Å². The van der Waals surface area contributed by atoms with Crippen molar-refractivity contribution >= 4 is 35.0 Å². The highest BCUT2D eigenvalue weighted by molar-refractivity contribution is 7.85. The zero-order valence-electron chi connectivity index (χ0n) is 14.4. The molecular weight excluding hydrogens is 317 g/mol. The van der Waals surface area contributed by atoms with Gasteiger partial charge in [-0.1, -0.05) is 16.6 Å². The van der Waals surface area contributed by atoms with Crippen LogP contribution >= 0.6 is 0 Å². The van der Waals surface area contributed by atoms with Crippen LogP contribution in [0.1, 0.15) is 18.1 Å². The molecular formula is C15H24BNO5S. The van der Waals surface area contributed by atoms with Crippen LogP contribution in [0, 0.1) is 13.8 Å². The van der Waals surface area contributed by atoms with Crippen molar-refractivity contribution in [1.82, 2.24) is 0 Å². The lowest BCUT2D eigenvalue weighted by Crippen LogP contribution is -2.33. The highest BCUT2D eigenvalue weighted by atomic mass is 32.2. The molecule has 23 heavy (non-hydrogen) atoms. The summed E-state index contributed by atoms with van der Waals surface area (Å²) in [7, 11) is -1.39. The minimum atomic E-state index is -3.44. The Balaban J connectivity index is 2.59. The molecule has 0 saturated heterocycles. The van der Waals surface area contributed by atoms with E-state index in [0.717, 1.165) is 23.1 Å². The molecule has 128 valence electrons. The van der Waals surface area contributed by atoms with Gasteiger partial charge < -0.3 is 9.64 Å². The fraction of sp³-hybridized carbons (Fsp3) is 0.533. The van der Waals surface area contributed by atoms with Crippen molar-refractivity contribution < 1.29 is 22.1 Å². The number of hydrogen-bond donors (Lipinski definition) is 0. The molecule has 0 bridgehead atoms. The molecule has 0 spiro atoms. The molecule has 1 amide bonds. The standard InChI is InChI=1S/C15H24BNO5S/c1-11-9-14(10-12(2)15(11)16)17(13(3)18)5-6-21-7-8-22-23(4,19)20/h9-10H,5-8,16H2,1-4H3. The molecule has 0 N–H and O–H groups in total. The lowest BCUT2D eigenvalue weighted by atomic mass is 9.86. The Bertz CT molecular complexity index is 637. The fourth-order valence-electron chi connectivity index (χ4n) is 2.14. The van der Waals surface area contributed by atoms with E-state index in [1.807, 2.05) is 26.0 Å². The molecule has 0 aromatic heterocycles. The number of amides is 1. The Labute approximate surface area is 139 Å². The SMILES string of the molecule is Bc1c(C)cc(N(CCOCCOS(C)(=O)=O)C(C)=O)cc1C. The summed E-state index contributed by atoms with van der Waals surface area (Å²) in [4.78, 5) is 13.5. The zero-order valence-corrected chi connectivity index (χ0v) is 15.2. The molecule has 0 saturated carbocycles. The van der Waals surface area contributed by atoms with Crippen molar-refractivity contribution in [2.75, 3.05) is 37.5 Å². The van der Waals surface area contributed by atoms with Crippen LogP contribution in [-0.2, 0) is 23.8 Å². The summed E-state index contributed by atoms with van der Waals surface area (Å²) in [6.45, 7) is 6.38. The van der Waals surface area contributed by atoms with E-state index in [0.29, 0.717) is 13.2 Å². The number of ether oxygens (including phenoxy) is 1. The number of benzene rings is 1. The van der Waals surface area contributed by atoms with Gasteiger partial charge >= 0.3 is 0 Å². The summed E-state index contributed by atoms with van der Waals surface area (Å²) in [5.74, 6) is -0.0661. The Morgan fingerprint density at radius 3 is 2.22 bits per heavy atom. The predicted octanol–water partition coefficient (Wildman–Crippen LogP) is -0.0925. The molecule has 1 rings (SSSR count). The molecule has 0 aliphatic carbocycles. The topological polar surface area (TPSA) is 72.9 Å².